The van der Waals surface area contributed by atoms with Gasteiger partial charge in [-0.15, -0.1) is 0 Å². The first-order chi connectivity index (χ1) is 10.3. The summed E-state index contributed by atoms with van der Waals surface area (Å²) in [6.45, 7) is 5.39. The number of aliphatic carboxylic acids is 1. The van der Waals surface area contributed by atoms with Gasteiger partial charge in [-0.25, -0.2) is 4.79 Å². The zero-order chi connectivity index (χ0) is 16.3. The Balaban J connectivity index is 2.42. The van der Waals surface area contributed by atoms with Crippen LogP contribution in [0.25, 0.3) is 11.3 Å². The topological polar surface area (TPSA) is 68.5 Å². The van der Waals surface area contributed by atoms with Gasteiger partial charge in [0.25, 0.3) is 0 Å². The molecular formula is C17H19NO4. The first-order valence-electron chi connectivity index (χ1n) is 6.99. The summed E-state index contributed by atoms with van der Waals surface area (Å²) in [6, 6.07) is 10.6. The van der Waals surface area contributed by atoms with Gasteiger partial charge >= 0.3 is 12.1 Å². The Hall–Kier alpha value is -2.56. The van der Waals surface area contributed by atoms with Crippen LogP contribution in [0.2, 0.25) is 0 Å². The highest BCUT2D eigenvalue weighted by Crippen LogP contribution is 2.25. The van der Waals surface area contributed by atoms with E-state index in [0.29, 0.717) is 16.8 Å². The minimum Gasteiger partial charge on any atom is -0.481 e. The highest BCUT2D eigenvalue weighted by atomic mass is 16.6. The van der Waals surface area contributed by atoms with Crippen molar-refractivity contribution in [2.75, 3.05) is 0 Å². The molecular weight excluding hydrogens is 282 g/mol. The van der Waals surface area contributed by atoms with Gasteiger partial charge in [-0.3, -0.25) is 9.36 Å². The van der Waals surface area contributed by atoms with Crippen molar-refractivity contribution < 1.29 is 19.4 Å². The van der Waals surface area contributed by atoms with Crippen LogP contribution in [0.1, 0.15) is 26.3 Å². The van der Waals surface area contributed by atoms with Crippen LogP contribution in [-0.2, 0) is 16.0 Å². The van der Waals surface area contributed by atoms with Gasteiger partial charge in [-0.1, -0.05) is 24.3 Å². The van der Waals surface area contributed by atoms with E-state index in [1.165, 1.54) is 4.57 Å². The van der Waals surface area contributed by atoms with Gasteiger partial charge in [-0.2, -0.15) is 0 Å². The number of hydrogen-bond acceptors (Lipinski definition) is 3. The normalized spacial score (nSPS) is 11.2. The van der Waals surface area contributed by atoms with Crippen molar-refractivity contribution in [1.82, 2.24) is 4.57 Å². The smallest absolute Gasteiger partial charge is 0.418 e. The summed E-state index contributed by atoms with van der Waals surface area (Å²) in [6.07, 6.45) is 1.02. The number of carboxylic acid groups (broad SMARTS) is 1. The van der Waals surface area contributed by atoms with Crippen LogP contribution in [0, 0.1) is 0 Å². The molecule has 1 heterocycles. The lowest BCUT2D eigenvalue weighted by Gasteiger charge is -2.20. The highest BCUT2D eigenvalue weighted by molar-refractivity contribution is 5.81. The maximum absolute atomic E-state index is 12.3. The van der Waals surface area contributed by atoms with Crippen molar-refractivity contribution in [3.05, 3.63) is 48.2 Å². The number of nitrogens with zero attached hydrogens (tertiary/aromatic N) is 1. The van der Waals surface area contributed by atoms with Gasteiger partial charge in [0.1, 0.15) is 5.60 Å². The van der Waals surface area contributed by atoms with Crippen molar-refractivity contribution in [2.24, 2.45) is 0 Å². The van der Waals surface area contributed by atoms with Gasteiger partial charge in [0.15, 0.2) is 0 Å². The quantitative estimate of drug-likeness (QED) is 0.941. The number of hydrogen-bond donors (Lipinski definition) is 1. The molecule has 0 radical (unpaired) electrons. The van der Waals surface area contributed by atoms with Crippen molar-refractivity contribution in [3.8, 4) is 11.3 Å². The number of carbonyl (C=O) groups is 2. The maximum atomic E-state index is 12.3. The van der Waals surface area contributed by atoms with E-state index >= 15 is 0 Å². The summed E-state index contributed by atoms with van der Waals surface area (Å²) in [7, 11) is 0. The Morgan fingerprint density at radius 2 is 1.82 bits per heavy atom. The summed E-state index contributed by atoms with van der Waals surface area (Å²) in [5.41, 5.74) is 1.38. The molecule has 1 aromatic carbocycles. The molecule has 0 amide bonds. The molecule has 116 valence electrons. The van der Waals surface area contributed by atoms with Crippen LogP contribution in [0.5, 0.6) is 0 Å². The maximum Gasteiger partial charge on any atom is 0.418 e. The third-order valence-electron chi connectivity index (χ3n) is 2.97. The predicted molar refractivity (Wildman–Crippen MR) is 82.8 cm³/mol. The number of aromatic nitrogens is 1. The second-order valence-electron chi connectivity index (χ2n) is 5.97. The van der Waals surface area contributed by atoms with Gasteiger partial charge in [0.2, 0.25) is 0 Å². The fourth-order valence-corrected chi connectivity index (χ4v) is 2.16. The summed E-state index contributed by atoms with van der Waals surface area (Å²) in [5.74, 6) is -0.914. The van der Waals surface area contributed by atoms with Crippen LogP contribution < -0.4 is 0 Å². The van der Waals surface area contributed by atoms with Crippen LogP contribution >= 0.6 is 0 Å². The monoisotopic (exact) mass is 301 g/mol. The van der Waals surface area contributed by atoms with Crippen molar-refractivity contribution in [2.45, 2.75) is 32.8 Å². The average molecular weight is 301 g/mol. The molecule has 0 saturated carbocycles. The molecule has 1 N–H and O–H groups in total. The number of carboxylic acids is 1. The van der Waals surface area contributed by atoms with E-state index in [9.17, 15) is 9.59 Å². The summed E-state index contributed by atoms with van der Waals surface area (Å²) >= 11 is 0. The number of ether oxygens (including phenoxy) is 1. The van der Waals surface area contributed by atoms with E-state index < -0.39 is 17.7 Å². The number of rotatable bonds is 3. The van der Waals surface area contributed by atoms with E-state index in [1.807, 2.05) is 6.07 Å². The lowest BCUT2D eigenvalue weighted by molar-refractivity contribution is -0.136. The standard InChI is InChI=1S/C17H19NO4/c1-17(2,3)22-16(21)18-10-6-9-14(18)13-8-5-4-7-12(13)11-15(19)20/h4-10H,11H2,1-3H3,(H,19,20). The lowest BCUT2D eigenvalue weighted by atomic mass is 10.0. The second kappa shape index (κ2) is 6.05. The number of carbonyl (C=O) groups excluding carboxylic acids is 1. The van der Waals surface area contributed by atoms with Crippen molar-refractivity contribution in [3.63, 3.8) is 0 Å². The van der Waals surface area contributed by atoms with E-state index in [4.69, 9.17) is 9.84 Å². The van der Waals surface area contributed by atoms with Gasteiger partial charge < -0.3 is 9.84 Å². The Kier molecular flexibility index (Phi) is 4.35. The zero-order valence-electron chi connectivity index (χ0n) is 12.9. The molecule has 5 heteroatoms. The first kappa shape index (κ1) is 15.8. The molecule has 0 aliphatic heterocycles. The molecule has 2 aromatic rings. The van der Waals surface area contributed by atoms with Crippen LogP contribution in [0.4, 0.5) is 4.79 Å². The Morgan fingerprint density at radius 3 is 2.45 bits per heavy atom. The largest absolute Gasteiger partial charge is 0.481 e. The Labute approximate surface area is 129 Å². The molecule has 0 atom stereocenters. The molecule has 22 heavy (non-hydrogen) atoms. The first-order valence-corrected chi connectivity index (χ1v) is 6.99. The minimum absolute atomic E-state index is 0.102. The molecule has 0 unspecified atom stereocenters. The third kappa shape index (κ3) is 3.75. The predicted octanol–water partition coefficient (Wildman–Crippen LogP) is 3.57. The SMILES string of the molecule is CC(C)(C)OC(=O)n1cccc1-c1ccccc1CC(=O)O. The van der Waals surface area contributed by atoms with Crippen LogP contribution in [0.15, 0.2) is 42.6 Å². The van der Waals surface area contributed by atoms with Crippen molar-refractivity contribution >= 4 is 12.1 Å². The van der Waals surface area contributed by atoms with Crippen LogP contribution in [-0.4, -0.2) is 27.3 Å². The molecule has 0 saturated heterocycles. The summed E-state index contributed by atoms with van der Waals surface area (Å²) < 4.78 is 6.77. The van der Waals surface area contributed by atoms with Crippen molar-refractivity contribution in [1.29, 1.82) is 0 Å². The van der Waals surface area contributed by atoms with Crippen LogP contribution in [0.3, 0.4) is 0 Å². The average Bonchev–Trinajstić information content (AvgIpc) is 2.85. The molecule has 0 bridgehead atoms. The van der Waals surface area contributed by atoms with Gasteiger partial charge in [0, 0.05) is 11.8 Å². The van der Waals surface area contributed by atoms with E-state index in [1.54, 1.807) is 57.3 Å². The van der Waals surface area contributed by atoms with E-state index in [2.05, 4.69) is 0 Å². The zero-order valence-corrected chi connectivity index (χ0v) is 12.9. The molecule has 5 nitrogen and oxygen atoms in total. The fourth-order valence-electron chi connectivity index (χ4n) is 2.16. The summed E-state index contributed by atoms with van der Waals surface area (Å²) in [4.78, 5) is 23.3. The second-order valence-corrected chi connectivity index (χ2v) is 5.97. The van der Waals surface area contributed by atoms with E-state index in [0.717, 1.165) is 0 Å². The Morgan fingerprint density at radius 1 is 1.14 bits per heavy atom. The number of benzene rings is 1. The van der Waals surface area contributed by atoms with Gasteiger partial charge in [0.05, 0.1) is 12.1 Å². The van der Waals surface area contributed by atoms with E-state index in [-0.39, 0.29) is 6.42 Å². The fraction of sp³-hybridized carbons (Fsp3) is 0.294. The van der Waals surface area contributed by atoms with Gasteiger partial charge in [-0.05, 0) is 38.5 Å². The molecule has 0 spiro atoms. The minimum atomic E-state index is -0.914. The Bertz CT molecular complexity index is 695. The lowest BCUT2D eigenvalue weighted by Crippen LogP contribution is -2.27. The summed E-state index contributed by atoms with van der Waals surface area (Å²) in [5, 5.41) is 9.02. The molecule has 0 aliphatic rings. The molecule has 1 aromatic heterocycles. The highest BCUT2D eigenvalue weighted by Gasteiger charge is 2.20. The molecule has 0 fully saturated rings. The third-order valence-corrected chi connectivity index (χ3v) is 2.97. The molecule has 0 aliphatic carbocycles. The molecule has 2 rings (SSSR count).